The van der Waals surface area contributed by atoms with Gasteiger partial charge in [-0.05, 0) is 10.8 Å². The molecule has 25 valence electrons. The molecule has 0 aromatic rings. The minimum Gasteiger partial charge on any atom is -0.218 e. The third-order valence-corrected chi connectivity index (χ3v) is 2.22. The average Bonchev–Trinajstić information content (AvgIpc) is 1.79. The number of halogens is 1. The first-order valence-electron chi connectivity index (χ1n) is 1.19. The van der Waals surface area contributed by atoms with Crippen LogP contribution in [-0.4, -0.2) is 10.2 Å². The summed E-state index contributed by atoms with van der Waals surface area (Å²) < 4.78 is 11.4. The van der Waals surface area contributed by atoms with Gasteiger partial charge in [0.1, 0.15) is 8.23 Å². The quantitative estimate of drug-likeness (QED) is 0.320. The number of rotatable bonds is 0. The molecule has 0 aromatic heterocycles. The lowest BCUT2D eigenvalue weighted by atomic mass is 11.3. The Morgan fingerprint density at radius 3 is 2.20 bits per heavy atom. The van der Waals surface area contributed by atoms with Crippen LogP contribution in [-0.2, 0) is 0 Å². The molecule has 1 aliphatic heterocycles. The van der Waals surface area contributed by atoms with E-state index in [4.69, 9.17) is 0 Å². The van der Waals surface area contributed by atoms with Crippen LogP contribution < -0.4 is 0 Å². The number of hydrogen-bond acceptors (Lipinski definition) is 0. The largest absolute Gasteiger partial charge is 0.218 e. The third kappa shape index (κ3) is 0.581. The fourth-order valence-electron chi connectivity index (χ4n) is 0.0785. The molecule has 0 aliphatic carbocycles. The van der Waals surface area contributed by atoms with Crippen LogP contribution in [0.2, 0.25) is 0 Å². The van der Waals surface area contributed by atoms with Crippen molar-refractivity contribution in [1.29, 1.82) is 0 Å². The van der Waals surface area contributed by atoms with E-state index in [2.05, 4.69) is 10.2 Å². The van der Waals surface area contributed by atoms with E-state index in [0.717, 1.165) is 4.94 Å². The van der Waals surface area contributed by atoms with Crippen molar-refractivity contribution in [2.24, 2.45) is 0 Å². The van der Waals surface area contributed by atoms with Gasteiger partial charge in [-0.1, -0.05) is 0 Å². The van der Waals surface area contributed by atoms with Crippen LogP contribution in [0.1, 0.15) is 0 Å². The molecular formula is C2HFPSi. The van der Waals surface area contributed by atoms with Gasteiger partial charge in [0.2, 0.25) is 0 Å². The Bertz CT molecular complexity index is 79.7. The highest BCUT2D eigenvalue weighted by Gasteiger charge is 2.17. The van der Waals surface area contributed by atoms with Crippen LogP contribution in [0.4, 0.5) is 4.20 Å². The van der Waals surface area contributed by atoms with E-state index in [9.17, 15) is 4.20 Å². The first-order chi connectivity index (χ1) is 2.30. The van der Waals surface area contributed by atoms with Crippen molar-refractivity contribution in [3.63, 3.8) is 0 Å². The fourth-order valence-corrected chi connectivity index (χ4v) is 0.706. The second kappa shape index (κ2) is 0.887. The minimum absolute atomic E-state index is 0.750. The summed E-state index contributed by atoms with van der Waals surface area (Å²) in [4.78, 5) is 0.750. The summed E-state index contributed by atoms with van der Waals surface area (Å²) >= 11 is 0. The minimum atomic E-state index is -1.23. The molecule has 1 unspecified atom stereocenters. The molecule has 1 heterocycles. The molecule has 0 amide bonds. The smallest absolute Gasteiger partial charge is 0.128 e. The normalized spacial score (nSPS) is 33.2. The van der Waals surface area contributed by atoms with Crippen molar-refractivity contribution >= 4 is 18.5 Å². The second-order valence-electron chi connectivity index (χ2n) is 0.826. The maximum Gasteiger partial charge on any atom is 0.128 e. The molecule has 0 fully saturated rings. The second-order valence-corrected chi connectivity index (χ2v) is 3.15. The van der Waals surface area contributed by atoms with Crippen molar-refractivity contribution in [2.45, 2.75) is 0 Å². The standard InChI is InChI=1S/C2HFPSi/c3-4-1-2(4)5/h1H. The van der Waals surface area contributed by atoms with Gasteiger partial charge in [0.25, 0.3) is 0 Å². The summed E-state index contributed by atoms with van der Waals surface area (Å²) in [6.45, 7) is 0. The summed E-state index contributed by atoms with van der Waals surface area (Å²) in [5.74, 6) is 1.56. The lowest BCUT2D eigenvalue weighted by Gasteiger charge is -1.64. The predicted molar refractivity (Wildman–Crippen MR) is 21.9 cm³/mol. The molecule has 0 saturated heterocycles. The first kappa shape index (κ1) is 3.50. The summed E-state index contributed by atoms with van der Waals surface area (Å²) in [7, 11) is 1.78. The van der Waals surface area contributed by atoms with Gasteiger partial charge >= 0.3 is 0 Å². The molecular weight excluding hydrogens is 102 g/mol. The Labute approximate surface area is 34.4 Å². The van der Waals surface area contributed by atoms with Gasteiger partial charge in [-0.25, -0.2) is 4.20 Å². The number of hydrogen-bond donors (Lipinski definition) is 0. The van der Waals surface area contributed by atoms with Crippen molar-refractivity contribution < 1.29 is 4.20 Å². The monoisotopic (exact) mass is 103 g/mol. The lowest BCUT2D eigenvalue weighted by molar-refractivity contribution is 0.922. The van der Waals surface area contributed by atoms with Gasteiger partial charge in [-0.15, -0.1) is 0 Å². The van der Waals surface area contributed by atoms with Crippen molar-refractivity contribution in [3.8, 4) is 0 Å². The zero-order valence-electron chi connectivity index (χ0n) is 2.40. The van der Waals surface area contributed by atoms with Crippen LogP contribution >= 0.6 is 8.23 Å². The zero-order chi connectivity index (χ0) is 3.86. The Kier molecular flexibility index (Phi) is 0.622. The van der Waals surface area contributed by atoms with E-state index >= 15 is 0 Å². The molecule has 1 rings (SSSR count). The molecule has 1 aliphatic rings. The topological polar surface area (TPSA) is 0 Å². The highest BCUT2D eigenvalue weighted by atomic mass is 31.2. The van der Waals surface area contributed by atoms with Gasteiger partial charge in [0.15, 0.2) is 0 Å². The van der Waals surface area contributed by atoms with E-state index in [1.807, 2.05) is 0 Å². The summed E-state index contributed by atoms with van der Waals surface area (Å²) in [5, 5.41) is 0. The van der Waals surface area contributed by atoms with E-state index in [1.165, 1.54) is 0 Å². The molecule has 3 radical (unpaired) electrons. The van der Waals surface area contributed by atoms with E-state index in [0.29, 0.717) is 0 Å². The SMILES string of the molecule is FP1C=C1[Si]. The van der Waals surface area contributed by atoms with Crippen LogP contribution in [0, 0.1) is 0 Å². The third-order valence-electron chi connectivity index (χ3n) is 0.398. The van der Waals surface area contributed by atoms with Crippen molar-refractivity contribution in [3.05, 3.63) is 10.8 Å². The zero-order valence-corrected chi connectivity index (χ0v) is 4.30. The molecule has 0 bridgehead atoms. The Morgan fingerprint density at radius 2 is 2.20 bits per heavy atom. The predicted octanol–water partition coefficient (Wildman–Crippen LogP) is 1.33. The summed E-state index contributed by atoms with van der Waals surface area (Å²) in [6.07, 6.45) is 0. The molecule has 5 heavy (non-hydrogen) atoms. The maximum atomic E-state index is 11.4. The maximum absolute atomic E-state index is 11.4. The lowest BCUT2D eigenvalue weighted by Crippen LogP contribution is -1.41. The molecule has 0 spiro atoms. The molecule has 1 atom stereocenters. The van der Waals surface area contributed by atoms with Crippen LogP contribution in [0.15, 0.2) is 10.8 Å². The van der Waals surface area contributed by atoms with Crippen LogP contribution in [0.5, 0.6) is 0 Å². The summed E-state index contributed by atoms with van der Waals surface area (Å²) in [6, 6.07) is 0. The van der Waals surface area contributed by atoms with Crippen molar-refractivity contribution in [2.75, 3.05) is 0 Å². The average molecular weight is 103 g/mol. The van der Waals surface area contributed by atoms with Gasteiger partial charge in [0.05, 0.1) is 10.2 Å². The molecule has 0 nitrogen and oxygen atoms in total. The summed E-state index contributed by atoms with van der Waals surface area (Å²) in [5.41, 5.74) is 0. The van der Waals surface area contributed by atoms with Gasteiger partial charge < -0.3 is 0 Å². The Balaban J connectivity index is 2.38. The Morgan fingerprint density at radius 1 is 2.00 bits per heavy atom. The molecule has 0 N–H and O–H groups in total. The van der Waals surface area contributed by atoms with E-state index < -0.39 is 8.23 Å². The van der Waals surface area contributed by atoms with E-state index in [1.54, 1.807) is 5.82 Å². The first-order valence-corrected chi connectivity index (χ1v) is 2.99. The fraction of sp³-hybridized carbons (Fsp3) is 0. The molecule has 3 heteroatoms. The van der Waals surface area contributed by atoms with Gasteiger partial charge in [-0.3, -0.25) is 0 Å². The van der Waals surface area contributed by atoms with Crippen molar-refractivity contribution in [1.82, 2.24) is 0 Å². The highest BCUT2D eigenvalue weighted by Crippen LogP contribution is 2.60. The highest BCUT2D eigenvalue weighted by molar-refractivity contribution is 7.70. The molecule has 0 aromatic carbocycles. The van der Waals surface area contributed by atoms with Gasteiger partial charge in [-0.2, -0.15) is 0 Å². The van der Waals surface area contributed by atoms with Crippen LogP contribution in [0.3, 0.4) is 0 Å². The molecule has 0 saturated carbocycles. The van der Waals surface area contributed by atoms with Gasteiger partial charge in [0, 0.05) is 0 Å². The van der Waals surface area contributed by atoms with Crippen LogP contribution in [0.25, 0.3) is 0 Å². The van der Waals surface area contributed by atoms with E-state index in [-0.39, 0.29) is 0 Å². The Hall–Kier alpha value is 0.317.